The first-order chi connectivity index (χ1) is 11.7. The van der Waals surface area contributed by atoms with Gasteiger partial charge in [0, 0.05) is 6.54 Å². The van der Waals surface area contributed by atoms with Crippen molar-refractivity contribution in [1.82, 2.24) is 5.32 Å². The highest BCUT2D eigenvalue weighted by Gasteiger charge is 2.35. The Bertz CT molecular complexity index is 642. The summed E-state index contributed by atoms with van der Waals surface area (Å²) in [6.45, 7) is 2.30. The van der Waals surface area contributed by atoms with Gasteiger partial charge in [-0.3, -0.25) is 5.32 Å². The van der Waals surface area contributed by atoms with E-state index in [9.17, 15) is 5.11 Å². The van der Waals surface area contributed by atoms with Gasteiger partial charge < -0.3 is 5.11 Å². The third-order valence-corrected chi connectivity index (χ3v) is 4.28. The smallest absolute Gasteiger partial charge is 0.0948 e. The predicted molar refractivity (Wildman–Crippen MR) is 98.9 cm³/mol. The minimum Gasteiger partial charge on any atom is -0.392 e. The Labute approximate surface area is 143 Å². The van der Waals surface area contributed by atoms with Gasteiger partial charge in [0.2, 0.25) is 0 Å². The molecule has 0 saturated carbocycles. The molecule has 0 bridgehead atoms. The highest BCUT2D eigenvalue weighted by Crippen LogP contribution is 2.36. The van der Waals surface area contributed by atoms with Crippen LogP contribution in [0.5, 0.6) is 0 Å². The van der Waals surface area contributed by atoms with Gasteiger partial charge in [0.25, 0.3) is 0 Å². The lowest BCUT2D eigenvalue weighted by atomic mass is 9.77. The van der Waals surface area contributed by atoms with Crippen molar-refractivity contribution in [2.45, 2.75) is 18.6 Å². The third kappa shape index (κ3) is 3.25. The van der Waals surface area contributed by atoms with Gasteiger partial charge in [-0.2, -0.15) is 0 Å². The van der Waals surface area contributed by atoms with Crippen molar-refractivity contribution in [2.75, 3.05) is 6.54 Å². The first kappa shape index (κ1) is 16.4. The van der Waals surface area contributed by atoms with Crippen LogP contribution in [0.3, 0.4) is 0 Å². The molecule has 3 aromatic carbocycles. The Morgan fingerprint density at radius 3 is 1.33 bits per heavy atom. The van der Waals surface area contributed by atoms with Crippen molar-refractivity contribution in [1.29, 1.82) is 0 Å². The van der Waals surface area contributed by atoms with Crippen LogP contribution < -0.4 is 5.32 Å². The van der Waals surface area contributed by atoms with Crippen molar-refractivity contribution in [3.8, 4) is 0 Å². The van der Waals surface area contributed by atoms with Crippen LogP contribution in [0.4, 0.5) is 0 Å². The Morgan fingerprint density at radius 2 is 1.04 bits per heavy atom. The zero-order valence-corrected chi connectivity index (χ0v) is 13.9. The van der Waals surface area contributed by atoms with Crippen LogP contribution in [0, 0.1) is 0 Å². The Balaban J connectivity index is 2.24. The number of aliphatic hydroxyl groups is 1. The van der Waals surface area contributed by atoms with E-state index in [1.54, 1.807) is 6.92 Å². The van der Waals surface area contributed by atoms with Crippen LogP contribution in [0.2, 0.25) is 0 Å². The molecular weight excluding hydrogens is 294 g/mol. The summed E-state index contributed by atoms with van der Waals surface area (Å²) in [7, 11) is 0. The fourth-order valence-electron chi connectivity index (χ4n) is 3.17. The molecule has 1 atom stereocenters. The maximum atomic E-state index is 9.89. The summed E-state index contributed by atoms with van der Waals surface area (Å²) in [5.74, 6) is 0. The summed E-state index contributed by atoms with van der Waals surface area (Å²) in [6.07, 6.45) is -0.430. The second kappa shape index (κ2) is 7.43. The fourth-order valence-corrected chi connectivity index (χ4v) is 3.17. The molecule has 0 aliphatic carbocycles. The molecular formula is C22H23NO. The van der Waals surface area contributed by atoms with E-state index in [1.807, 2.05) is 18.2 Å². The molecule has 0 unspecified atom stereocenters. The average Bonchev–Trinajstić information content (AvgIpc) is 2.65. The molecule has 24 heavy (non-hydrogen) atoms. The molecule has 122 valence electrons. The Kier molecular flexibility index (Phi) is 5.09. The van der Waals surface area contributed by atoms with Gasteiger partial charge >= 0.3 is 0 Å². The van der Waals surface area contributed by atoms with E-state index in [4.69, 9.17) is 0 Å². The van der Waals surface area contributed by atoms with E-state index in [2.05, 4.69) is 78.1 Å². The van der Waals surface area contributed by atoms with Crippen molar-refractivity contribution in [2.24, 2.45) is 0 Å². The SMILES string of the molecule is C[C@@H](O)CNC(c1ccccc1)(c1ccccc1)c1ccccc1. The molecule has 2 heteroatoms. The molecule has 3 aromatic rings. The van der Waals surface area contributed by atoms with Gasteiger partial charge in [-0.15, -0.1) is 0 Å². The normalized spacial score (nSPS) is 12.8. The number of hydrogen-bond donors (Lipinski definition) is 2. The monoisotopic (exact) mass is 317 g/mol. The first-order valence-corrected chi connectivity index (χ1v) is 8.33. The predicted octanol–water partition coefficient (Wildman–Crippen LogP) is 3.95. The molecule has 0 aliphatic rings. The van der Waals surface area contributed by atoms with E-state index in [-0.39, 0.29) is 0 Å². The largest absolute Gasteiger partial charge is 0.392 e. The summed E-state index contributed by atoms with van der Waals surface area (Å²) in [4.78, 5) is 0. The summed E-state index contributed by atoms with van der Waals surface area (Å²) < 4.78 is 0. The molecule has 0 aromatic heterocycles. The number of aliphatic hydroxyl groups excluding tert-OH is 1. The number of hydrogen-bond acceptors (Lipinski definition) is 2. The van der Waals surface area contributed by atoms with E-state index in [1.165, 1.54) is 0 Å². The Morgan fingerprint density at radius 1 is 0.708 bits per heavy atom. The molecule has 0 heterocycles. The molecule has 2 nitrogen and oxygen atoms in total. The lowest BCUT2D eigenvalue weighted by Gasteiger charge is -2.37. The fraction of sp³-hybridized carbons (Fsp3) is 0.182. The van der Waals surface area contributed by atoms with Crippen molar-refractivity contribution < 1.29 is 5.11 Å². The van der Waals surface area contributed by atoms with Crippen LogP contribution in [0.15, 0.2) is 91.0 Å². The van der Waals surface area contributed by atoms with Crippen LogP contribution in [0.25, 0.3) is 0 Å². The van der Waals surface area contributed by atoms with Gasteiger partial charge in [-0.1, -0.05) is 91.0 Å². The standard InChI is InChI=1S/C22H23NO/c1-18(24)17-23-22(19-11-5-2-6-12-19,20-13-7-3-8-14-20)21-15-9-4-10-16-21/h2-16,18,23-24H,17H2,1H3/t18-/m1/s1. The topological polar surface area (TPSA) is 32.3 Å². The second-order valence-corrected chi connectivity index (χ2v) is 6.08. The second-order valence-electron chi connectivity index (χ2n) is 6.08. The molecule has 0 spiro atoms. The summed E-state index contributed by atoms with van der Waals surface area (Å²) in [5, 5.41) is 13.5. The Hall–Kier alpha value is -2.42. The van der Waals surface area contributed by atoms with Gasteiger partial charge in [0.15, 0.2) is 0 Å². The van der Waals surface area contributed by atoms with Crippen molar-refractivity contribution in [3.63, 3.8) is 0 Å². The molecule has 3 rings (SSSR count). The maximum absolute atomic E-state index is 9.89. The minimum absolute atomic E-state index is 0.430. The van der Waals surface area contributed by atoms with Gasteiger partial charge in [0.05, 0.1) is 11.6 Å². The van der Waals surface area contributed by atoms with E-state index < -0.39 is 11.6 Å². The number of benzene rings is 3. The molecule has 0 fully saturated rings. The zero-order chi connectivity index (χ0) is 16.8. The van der Waals surface area contributed by atoms with Crippen molar-refractivity contribution >= 4 is 0 Å². The lowest BCUT2D eigenvalue weighted by Crippen LogP contribution is -2.47. The first-order valence-electron chi connectivity index (χ1n) is 8.33. The highest BCUT2D eigenvalue weighted by atomic mass is 16.3. The van der Waals surface area contributed by atoms with Crippen LogP contribution >= 0.6 is 0 Å². The van der Waals surface area contributed by atoms with E-state index in [0.29, 0.717) is 6.54 Å². The van der Waals surface area contributed by atoms with Crippen molar-refractivity contribution in [3.05, 3.63) is 108 Å². The summed E-state index contributed by atoms with van der Waals surface area (Å²) in [5.41, 5.74) is 2.97. The lowest BCUT2D eigenvalue weighted by molar-refractivity contribution is 0.182. The minimum atomic E-state index is -0.499. The van der Waals surface area contributed by atoms with Crippen LogP contribution in [0.1, 0.15) is 23.6 Å². The summed E-state index contributed by atoms with van der Waals surface area (Å²) >= 11 is 0. The number of rotatable bonds is 6. The molecule has 0 saturated heterocycles. The van der Waals surface area contributed by atoms with Crippen LogP contribution in [-0.4, -0.2) is 17.8 Å². The highest BCUT2D eigenvalue weighted by molar-refractivity contribution is 5.49. The van der Waals surface area contributed by atoms with Crippen LogP contribution in [-0.2, 0) is 5.54 Å². The van der Waals surface area contributed by atoms with Gasteiger partial charge in [-0.05, 0) is 23.6 Å². The zero-order valence-electron chi connectivity index (χ0n) is 13.9. The van der Waals surface area contributed by atoms with Gasteiger partial charge in [-0.25, -0.2) is 0 Å². The van der Waals surface area contributed by atoms with E-state index >= 15 is 0 Å². The molecule has 0 aliphatic heterocycles. The van der Waals surface area contributed by atoms with Gasteiger partial charge in [0.1, 0.15) is 0 Å². The third-order valence-electron chi connectivity index (χ3n) is 4.28. The average molecular weight is 317 g/mol. The quantitative estimate of drug-likeness (QED) is 0.675. The maximum Gasteiger partial charge on any atom is 0.0948 e. The number of nitrogens with one attached hydrogen (secondary N) is 1. The summed E-state index contributed by atoms with van der Waals surface area (Å²) in [6, 6.07) is 31.2. The van der Waals surface area contributed by atoms with E-state index in [0.717, 1.165) is 16.7 Å². The molecule has 0 amide bonds. The molecule has 2 N–H and O–H groups in total. The molecule has 0 radical (unpaired) electrons.